The third-order valence-electron chi connectivity index (χ3n) is 6.02. The zero-order valence-corrected chi connectivity index (χ0v) is 15.6. The van der Waals surface area contributed by atoms with Crippen LogP contribution in [0.2, 0.25) is 5.02 Å². The van der Waals surface area contributed by atoms with Crippen molar-refractivity contribution in [1.82, 2.24) is 0 Å². The molecule has 0 N–H and O–H groups in total. The topological polar surface area (TPSA) is 38.8 Å². The lowest BCUT2D eigenvalue weighted by Crippen LogP contribution is -2.34. The predicted molar refractivity (Wildman–Crippen MR) is 106 cm³/mol. The number of hydrogen-bond acceptors (Lipinski definition) is 3. The van der Waals surface area contributed by atoms with E-state index in [9.17, 15) is 4.79 Å². The van der Waals surface area contributed by atoms with E-state index in [0.29, 0.717) is 16.5 Å². The van der Waals surface area contributed by atoms with Gasteiger partial charge in [-0.2, -0.15) is 0 Å². The van der Waals surface area contributed by atoms with Crippen LogP contribution in [0.5, 0.6) is 11.5 Å². The van der Waals surface area contributed by atoms with Crippen molar-refractivity contribution in [3.05, 3.63) is 88.4 Å². The molecule has 138 valence electrons. The molecule has 1 aliphatic carbocycles. The number of ether oxygens (including phenoxy) is 2. The summed E-state index contributed by atoms with van der Waals surface area (Å²) in [7, 11) is 0. The van der Waals surface area contributed by atoms with Gasteiger partial charge >= 0.3 is 6.09 Å². The maximum Gasteiger partial charge on any atom is 0.416 e. The highest BCUT2D eigenvalue weighted by Crippen LogP contribution is 2.60. The zero-order valence-electron chi connectivity index (χ0n) is 14.9. The first-order chi connectivity index (χ1) is 13.7. The van der Waals surface area contributed by atoms with Crippen LogP contribution in [0.25, 0.3) is 0 Å². The average Bonchev–Trinajstić information content (AvgIpc) is 3.16. The number of para-hydroxylation sites is 1. The smallest absolute Gasteiger partial charge is 0.416 e. The summed E-state index contributed by atoms with van der Waals surface area (Å²) in [5, 5.41) is 0.549. The molecule has 2 atom stereocenters. The van der Waals surface area contributed by atoms with Gasteiger partial charge in [-0.1, -0.05) is 54.1 Å². The average molecular weight is 390 g/mol. The van der Waals surface area contributed by atoms with Gasteiger partial charge in [0.15, 0.2) is 11.4 Å². The number of carbonyl (C=O) groups excluding carboxylic acids is 1. The summed E-state index contributed by atoms with van der Waals surface area (Å²) in [5.74, 6) is 1.33. The number of anilines is 1. The van der Waals surface area contributed by atoms with Crippen molar-refractivity contribution < 1.29 is 14.3 Å². The van der Waals surface area contributed by atoms with Gasteiger partial charge in [-0.05, 0) is 42.7 Å². The first-order valence-corrected chi connectivity index (χ1v) is 9.72. The number of carbonyl (C=O) groups is 1. The van der Waals surface area contributed by atoms with Crippen LogP contribution in [0.1, 0.15) is 29.2 Å². The number of nitrogens with zero attached hydrogens (tertiary/aromatic N) is 1. The van der Waals surface area contributed by atoms with Crippen molar-refractivity contribution in [3.8, 4) is 11.5 Å². The fourth-order valence-corrected chi connectivity index (χ4v) is 5.05. The molecule has 0 bridgehead atoms. The number of aryl methyl sites for hydroxylation is 1. The van der Waals surface area contributed by atoms with Crippen LogP contribution in [0, 0.1) is 0 Å². The molecule has 0 aromatic heterocycles. The second kappa shape index (κ2) is 5.52. The highest BCUT2D eigenvalue weighted by molar-refractivity contribution is 6.31. The first kappa shape index (κ1) is 16.0. The largest absolute Gasteiger partial charge is 0.455 e. The molecule has 3 aromatic rings. The Labute approximate surface area is 167 Å². The Hall–Kier alpha value is -2.98. The van der Waals surface area contributed by atoms with Gasteiger partial charge in [0.2, 0.25) is 0 Å². The predicted octanol–water partition coefficient (Wildman–Crippen LogP) is 5.99. The zero-order chi connectivity index (χ0) is 18.9. The molecule has 1 spiro atoms. The van der Waals surface area contributed by atoms with Crippen LogP contribution in [-0.2, 0) is 16.8 Å². The number of fused-ring (bicyclic) bond motifs is 8. The fourth-order valence-electron chi connectivity index (χ4n) is 4.88. The summed E-state index contributed by atoms with van der Waals surface area (Å²) >= 11 is 6.28. The molecular weight excluding hydrogens is 374 g/mol. The van der Waals surface area contributed by atoms with Crippen molar-refractivity contribution in [2.75, 3.05) is 4.90 Å². The van der Waals surface area contributed by atoms with Gasteiger partial charge in [0.05, 0.1) is 5.69 Å². The minimum Gasteiger partial charge on any atom is -0.455 e. The molecule has 2 heterocycles. The van der Waals surface area contributed by atoms with Gasteiger partial charge in [-0.25, -0.2) is 4.79 Å². The number of halogens is 1. The van der Waals surface area contributed by atoms with E-state index < -0.39 is 5.60 Å². The Kier molecular flexibility index (Phi) is 3.16. The van der Waals surface area contributed by atoms with E-state index in [1.54, 1.807) is 23.1 Å². The van der Waals surface area contributed by atoms with Crippen molar-refractivity contribution >= 4 is 23.4 Å². The third kappa shape index (κ3) is 1.98. The molecular formula is C23H16ClNO3. The lowest BCUT2D eigenvalue weighted by atomic mass is 9.83. The van der Waals surface area contributed by atoms with E-state index in [1.807, 2.05) is 36.4 Å². The molecule has 6 rings (SSSR count). The van der Waals surface area contributed by atoms with Crippen LogP contribution in [0.15, 0.2) is 66.7 Å². The van der Waals surface area contributed by atoms with Crippen molar-refractivity contribution in [3.63, 3.8) is 0 Å². The quantitative estimate of drug-likeness (QED) is 0.474. The Morgan fingerprint density at radius 1 is 1.00 bits per heavy atom. The monoisotopic (exact) mass is 389 g/mol. The van der Waals surface area contributed by atoms with Gasteiger partial charge in [0, 0.05) is 16.1 Å². The molecule has 1 unspecified atom stereocenters. The second-order valence-corrected chi connectivity index (χ2v) is 7.88. The van der Waals surface area contributed by atoms with Crippen LogP contribution in [0.3, 0.4) is 0 Å². The van der Waals surface area contributed by atoms with E-state index in [-0.39, 0.29) is 12.1 Å². The number of rotatable bonds is 0. The summed E-state index contributed by atoms with van der Waals surface area (Å²) in [6, 6.07) is 21.1. The summed E-state index contributed by atoms with van der Waals surface area (Å²) in [6.45, 7) is 0. The standard InChI is InChI=1S/C23H16ClNO3/c24-15-9-10-20-18(13-15)25-21(16-6-2-4-8-19(16)27-20)23(28-22(25)26)12-11-14-5-1-3-7-17(14)23/h1-10,13,21H,11-12H2/t21?,23-/m1/s1. The summed E-state index contributed by atoms with van der Waals surface area (Å²) < 4.78 is 12.4. The summed E-state index contributed by atoms with van der Waals surface area (Å²) in [5.41, 5.74) is 3.15. The molecule has 5 heteroatoms. The van der Waals surface area contributed by atoms with Gasteiger partial charge in [0.1, 0.15) is 11.8 Å². The van der Waals surface area contributed by atoms with Crippen LogP contribution < -0.4 is 9.64 Å². The third-order valence-corrected chi connectivity index (χ3v) is 6.25. The van der Waals surface area contributed by atoms with Crippen LogP contribution >= 0.6 is 11.6 Å². The molecule has 1 saturated heterocycles. The highest BCUT2D eigenvalue weighted by Gasteiger charge is 2.60. The lowest BCUT2D eigenvalue weighted by molar-refractivity contribution is 0.0340. The van der Waals surface area contributed by atoms with Gasteiger partial charge in [-0.15, -0.1) is 0 Å². The highest BCUT2D eigenvalue weighted by atomic mass is 35.5. The van der Waals surface area contributed by atoms with Crippen molar-refractivity contribution in [2.24, 2.45) is 0 Å². The second-order valence-electron chi connectivity index (χ2n) is 7.44. The molecule has 0 saturated carbocycles. The van der Waals surface area contributed by atoms with Crippen molar-refractivity contribution in [2.45, 2.75) is 24.5 Å². The Morgan fingerprint density at radius 2 is 1.82 bits per heavy atom. The SMILES string of the molecule is O=C1O[C@@]2(CCc3ccccc32)C2c3ccccc3Oc3ccc(Cl)cc3N12. The molecule has 28 heavy (non-hydrogen) atoms. The number of hydrogen-bond donors (Lipinski definition) is 0. The summed E-state index contributed by atoms with van der Waals surface area (Å²) in [6.07, 6.45) is 1.24. The van der Waals surface area contributed by atoms with E-state index in [4.69, 9.17) is 21.1 Å². The van der Waals surface area contributed by atoms with Crippen molar-refractivity contribution in [1.29, 1.82) is 0 Å². The maximum atomic E-state index is 13.2. The Morgan fingerprint density at radius 3 is 2.75 bits per heavy atom. The summed E-state index contributed by atoms with van der Waals surface area (Å²) in [4.78, 5) is 14.9. The van der Waals surface area contributed by atoms with E-state index >= 15 is 0 Å². The molecule has 0 radical (unpaired) electrons. The minimum atomic E-state index is -0.739. The van der Waals surface area contributed by atoms with E-state index in [2.05, 4.69) is 12.1 Å². The lowest BCUT2D eigenvalue weighted by Gasteiger charge is -2.32. The molecule has 4 nitrogen and oxygen atoms in total. The first-order valence-electron chi connectivity index (χ1n) is 9.34. The maximum absolute atomic E-state index is 13.2. The minimum absolute atomic E-state index is 0.320. The molecule has 3 aliphatic rings. The Balaban J connectivity index is 1.66. The number of amides is 1. The Bertz CT molecular complexity index is 1140. The van der Waals surface area contributed by atoms with Crippen LogP contribution in [0.4, 0.5) is 10.5 Å². The van der Waals surface area contributed by atoms with Gasteiger partial charge < -0.3 is 9.47 Å². The normalized spacial score (nSPS) is 24.0. The van der Waals surface area contributed by atoms with E-state index in [1.165, 1.54) is 5.56 Å². The number of benzene rings is 3. The fraction of sp³-hybridized carbons (Fsp3) is 0.174. The van der Waals surface area contributed by atoms with Gasteiger partial charge in [0.25, 0.3) is 0 Å². The molecule has 1 fully saturated rings. The molecule has 2 aliphatic heterocycles. The molecule has 1 amide bonds. The van der Waals surface area contributed by atoms with Crippen LogP contribution in [-0.4, -0.2) is 6.09 Å². The van der Waals surface area contributed by atoms with Gasteiger partial charge in [-0.3, -0.25) is 4.90 Å². The molecule has 3 aromatic carbocycles. The van der Waals surface area contributed by atoms with E-state index in [0.717, 1.165) is 29.7 Å².